The molecule has 0 fully saturated rings. The molecule has 0 saturated carbocycles. The zero-order chi connectivity index (χ0) is 28.1. The number of carbonyl (C=O) groups excluding carboxylic acids is 2. The maximum atomic E-state index is 11.0. The number of carbonyl (C=O) groups is 2. The van der Waals surface area contributed by atoms with Crippen molar-refractivity contribution in [2.24, 2.45) is 5.73 Å². The van der Waals surface area contributed by atoms with E-state index in [1.54, 1.807) is 48.5 Å². The molecule has 0 aliphatic heterocycles. The summed E-state index contributed by atoms with van der Waals surface area (Å²) in [5, 5.41) is 2.86. The highest BCUT2D eigenvalue weighted by molar-refractivity contribution is 6.63. The van der Waals surface area contributed by atoms with Crippen molar-refractivity contribution in [2.45, 2.75) is 12.8 Å². The van der Waals surface area contributed by atoms with E-state index in [2.05, 4.69) is 0 Å². The van der Waals surface area contributed by atoms with Gasteiger partial charge >= 0.3 is 0 Å². The van der Waals surface area contributed by atoms with Crippen LogP contribution in [0.15, 0.2) is 72.8 Å². The van der Waals surface area contributed by atoms with Gasteiger partial charge in [0.2, 0.25) is 11.1 Å². The van der Waals surface area contributed by atoms with Crippen molar-refractivity contribution >= 4 is 44.3 Å². The molecule has 0 aliphatic rings. The van der Waals surface area contributed by atoms with E-state index in [9.17, 15) is 9.59 Å². The number of fused-ring (bicyclic) bond motifs is 2. The standard InChI is InChI=1S/C13H11ClO2.C13H13NO2/c2*1-16-11-6-5-9-3-2-4-10(7-13(14)15)12(9)8-11/h2-6,8H,7H2,1H3;2-6,8H,7H2,1H3,(H2,14,15)/i2*1D3. The van der Waals surface area contributed by atoms with E-state index < -0.39 is 25.2 Å². The Labute approximate surface area is 200 Å². The molecule has 0 heterocycles. The van der Waals surface area contributed by atoms with Gasteiger partial charge in [0.1, 0.15) is 11.5 Å². The summed E-state index contributed by atoms with van der Waals surface area (Å²) in [6.07, 6.45) is 0.199. The van der Waals surface area contributed by atoms with Crippen LogP contribution in [0.4, 0.5) is 0 Å². The van der Waals surface area contributed by atoms with Gasteiger partial charge in [0.25, 0.3) is 0 Å². The van der Waals surface area contributed by atoms with Crippen LogP contribution in [0.1, 0.15) is 19.4 Å². The molecule has 164 valence electrons. The van der Waals surface area contributed by atoms with Crippen LogP contribution in [0.2, 0.25) is 0 Å². The van der Waals surface area contributed by atoms with Crippen molar-refractivity contribution in [1.82, 2.24) is 0 Å². The Balaban J connectivity index is 0.000000211. The molecule has 4 aromatic carbocycles. The van der Waals surface area contributed by atoms with Crippen LogP contribution >= 0.6 is 11.6 Å². The van der Waals surface area contributed by atoms with Crippen molar-refractivity contribution in [3.63, 3.8) is 0 Å². The molecule has 0 spiro atoms. The Morgan fingerprint density at radius 2 is 1.31 bits per heavy atom. The summed E-state index contributed by atoms with van der Waals surface area (Å²) in [5.41, 5.74) is 6.69. The van der Waals surface area contributed by atoms with E-state index in [1.807, 2.05) is 24.3 Å². The third-order valence-corrected chi connectivity index (χ3v) is 4.95. The molecule has 4 aromatic rings. The normalized spacial score (nSPS) is 13.9. The molecule has 4 rings (SSSR count). The minimum atomic E-state index is -2.50. The average Bonchev–Trinajstić information content (AvgIpc) is 2.77. The summed E-state index contributed by atoms with van der Waals surface area (Å²) in [4.78, 5) is 22.0. The fourth-order valence-electron chi connectivity index (χ4n) is 3.41. The molecular weight excluding hydrogens is 426 g/mol. The van der Waals surface area contributed by atoms with Crippen molar-refractivity contribution < 1.29 is 27.3 Å². The van der Waals surface area contributed by atoms with E-state index in [-0.39, 0.29) is 24.3 Å². The van der Waals surface area contributed by atoms with Crippen LogP contribution in [0, 0.1) is 0 Å². The molecule has 0 aliphatic carbocycles. The smallest absolute Gasteiger partial charge is 0.226 e. The fraction of sp³-hybridized carbons (Fsp3) is 0.154. The molecule has 32 heavy (non-hydrogen) atoms. The number of hydrogen-bond donors (Lipinski definition) is 1. The van der Waals surface area contributed by atoms with E-state index in [0.29, 0.717) is 0 Å². The Kier molecular flexibility index (Phi) is 5.36. The van der Waals surface area contributed by atoms with Crippen LogP contribution < -0.4 is 15.2 Å². The number of benzene rings is 4. The quantitative estimate of drug-likeness (QED) is 0.413. The summed E-state index contributed by atoms with van der Waals surface area (Å²) < 4.78 is 52.2. The molecule has 6 heteroatoms. The summed E-state index contributed by atoms with van der Waals surface area (Å²) in [6, 6.07) is 20.8. The first-order valence-corrected chi connectivity index (χ1v) is 9.96. The zero-order valence-corrected chi connectivity index (χ0v) is 17.7. The number of rotatable bonds is 6. The summed E-state index contributed by atoms with van der Waals surface area (Å²) >= 11 is 5.40. The van der Waals surface area contributed by atoms with Crippen LogP contribution in [0.25, 0.3) is 21.5 Å². The Morgan fingerprint density at radius 1 is 0.812 bits per heavy atom. The van der Waals surface area contributed by atoms with Gasteiger partial charge < -0.3 is 15.2 Å². The second-order valence-electron chi connectivity index (χ2n) is 6.98. The van der Waals surface area contributed by atoms with Gasteiger partial charge in [-0.05, 0) is 68.5 Å². The number of ether oxygens (including phenoxy) is 2. The number of amides is 1. The van der Waals surface area contributed by atoms with Crippen LogP contribution in [0.5, 0.6) is 11.5 Å². The second kappa shape index (κ2) is 10.6. The largest absolute Gasteiger partial charge is 0.497 e. The number of primary amides is 1. The molecule has 0 aromatic heterocycles. The first kappa shape index (κ1) is 16.1. The predicted molar refractivity (Wildman–Crippen MR) is 128 cm³/mol. The minimum Gasteiger partial charge on any atom is -0.497 e. The zero-order valence-electron chi connectivity index (χ0n) is 22.9. The first-order chi connectivity index (χ1) is 17.7. The molecule has 0 unspecified atom stereocenters. The van der Waals surface area contributed by atoms with Gasteiger partial charge in [-0.25, -0.2) is 0 Å². The maximum Gasteiger partial charge on any atom is 0.226 e. The number of nitrogens with two attached hydrogens (primary N) is 1. The van der Waals surface area contributed by atoms with E-state index in [1.165, 1.54) is 0 Å². The lowest BCUT2D eigenvalue weighted by molar-refractivity contribution is -0.117. The monoisotopic (exact) mass is 455 g/mol. The molecular formula is C26H24ClNO4. The van der Waals surface area contributed by atoms with Gasteiger partial charge in [0.05, 0.1) is 28.7 Å². The molecule has 2 N–H and O–H groups in total. The topological polar surface area (TPSA) is 78.6 Å². The van der Waals surface area contributed by atoms with E-state index in [4.69, 9.17) is 35.0 Å². The second-order valence-corrected chi connectivity index (χ2v) is 7.40. The van der Waals surface area contributed by atoms with Crippen LogP contribution in [-0.2, 0) is 22.4 Å². The van der Waals surface area contributed by atoms with Crippen molar-refractivity contribution in [3.8, 4) is 11.5 Å². The third kappa shape index (κ3) is 5.77. The highest BCUT2D eigenvalue weighted by Gasteiger charge is 2.06. The average molecular weight is 456 g/mol. The van der Waals surface area contributed by atoms with Crippen molar-refractivity contribution in [1.29, 1.82) is 0 Å². The van der Waals surface area contributed by atoms with Gasteiger partial charge in [0.15, 0.2) is 0 Å². The SMILES string of the molecule is [2H]C([2H])([2H])Oc1ccc2cccc(CC(=O)Cl)c2c1.[2H]C([2H])([2H])Oc1ccc2cccc(CC(N)=O)c2c1. The summed E-state index contributed by atoms with van der Waals surface area (Å²) in [6.45, 7) is 0. The Morgan fingerprint density at radius 3 is 1.75 bits per heavy atom. The van der Waals surface area contributed by atoms with Gasteiger partial charge in [0, 0.05) is 6.42 Å². The Hall–Kier alpha value is -3.57. The Bertz CT molecular complexity index is 1360. The third-order valence-electron chi connectivity index (χ3n) is 4.82. The van der Waals surface area contributed by atoms with Gasteiger partial charge in [-0.15, -0.1) is 0 Å². The number of methoxy groups -OCH3 is 2. The maximum absolute atomic E-state index is 11.0. The fourth-order valence-corrected chi connectivity index (χ4v) is 3.55. The number of hydrogen-bond acceptors (Lipinski definition) is 4. The highest BCUT2D eigenvalue weighted by Crippen LogP contribution is 2.25. The molecule has 0 bridgehead atoms. The van der Waals surface area contributed by atoms with Crippen LogP contribution in [-0.4, -0.2) is 25.2 Å². The highest BCUT2D eigenvalue weighted by atomic mass is 35.5. The van der Waals surface area contributed by atoms with Crippen molar-refractivity contribution in [2.75, 3.05) is 14.1 Å². The van der Waals surface area contributed by atoms with Gasteiger partial charge in [-0.3, -0.25) is 9.59 Å². The number of halogens is 1. The minimum absolute atomic E-state index is 0.0934. The van der Waals surface area contributed by atoms with Crippen molar-refractivity contribution in [3.05, 3.63) is 83.9 Å². The molecule has 5 nitrogen and oxygen atoms in total. The molecule has 0 radical (unpaired) electrons. The van der Waals surface area contributed by atoms with Crippen LogP contribution in [0.3, 0.4) is 0 Å². The lowest BCUT2D eigenvalue weighted by Crippen LogP contribution is -2.13. The predicted octanol–water partition coefficient (Wildman–Crippen LogP) is 5.03. The lowest BCUT2D eigenvalue weighted by atomic mass is 10.0. The van der Waals surface area contributed by atoms with E-state index in [0.717, 1.165) is 32.7 Å². The summed E-state index contributed by atoms with van der Waals surface area (Å²) in [5.74, 6) is 0.0426. The molecule has 0 saturated heterocycles. The summed E-state index contributed by atoms with van der Waals surface area (Å²) in [7, 11) is -4.99. The van der Waals surface area contributed by atoms with E-state index >= 15 is 0 Å². The molecule has 1 amide bonds. The first-order valence-electron chi connectivity index (χ1n) is 12.6. The molecule has 0 atom stereocenters. The lowest BCUT2D eigenvalue weighted by Gasteiger charge is -2.06. The van der Waals surface area contributed by atoms with Gasteiger partial charge in [-0.1, -0.05) is 48.5 Å². The van der Waals surface area contributed by atoms with Gasteiger partial charge in [-0.2, -0.15) is 0 Å².